The first-order valence-electron chi connectivity index (χ1n) is 4.09. The summed E-state index contributed by atoms with van der Waals surface area (Å²) >= 11 is 0. The van der Waals surface area contributed by atoms with Crippen molar-refractivity contribution in [2.75, 3.05) is 0 Å². The second-order valence-electron chi connectivity index (χ2n) is 2.55. The van der Waals surface area contributed by atoms with Gasteiger partial charge in [0, 0.05) is 31.6 Å². The van der Waals surface area contributed by atoms with Gasteiger partial charge in [0.2, 0.25) is 0 Å². The van der Waals surface area contributed by atoms with E-state index in [1.54, 1.807) is 39.8 Å². The minimum absolute atomic E-state index is 0. The first-order valence-corrected chi connectivity index (χ1v) is 4.09. The number of carboxylic acids is 2. The maximum Gasteiger partial charge on any atom is 0.330 e. The smallest absolute Gasteiger partial charge is 0.330 e. The van der Waals surface area contributed by atoms with Crippen molar-refractivity contribution in [3.05, 3.63) is 23.3 Å². The number of aliphatic carboxylic acids is 2. The van der Waals surface area contributed by atoms with Crippen molar-refractivity contribution in [2.45, 2.75) is 27.7 Å². The molecular formula is C10H16O4Pd. The molecule has 0 aliphatic carbocycles. The molecule has 0 heterocycles. The van der Waals surface area contributed by atoms with Gasteiger partial charge in [0.1, 0.15) is 0 Å². The largest absolute Gasteiger partial charge is 0.478 e. The molecule has 0 aromatic rings. The normalized spacial score (nSPS) is 10.7. The molecule has 15 heavy (non-hydrogen) atoms. The summed E-state index contributed by atoms with van der Waals surface area (Å²) in [5.74, 6) is -1.69. The molecule has 0 aromatic carbocycles. The second kappa shape index (κ2) is 11.2. The molecule has 2 N–H and O–H groups in total. The van der Waals surface area contributed by atoms with E-state index in [-0.39, 0.29) is 20.4 Å². The zero-order chi connectivity index (χ0) is 11.7. The topological polar surface area (TPSA) is 74.6 Å². The van der Waals surface area contributed by atoms with Crippen LogP contribution in [0.2, 0.25) is 0 Å². The van der Waals surface area contributed by atoms with Gasteiger partial charge in [-0.15, -0.1) is 0 Å². The first kappa shape index (κ1) is 19.6. The zero-order valence-electron chi connectivity index (χ0n) is 9.18. The summed E-state index contributed by atoms with van der Waals surface area (Å²) in [4.78, 5) is 19.7. The molecule has 0 bridgehead atoms. The van der Waals surface area contributed by atoms with Gasteiger partial charge in [-0.05, 0) is 27.7 Å². The summed E-state index contributed by atoms with van der Waals surface area (Å²) in [5.41, 5.74) is 0.778. The van der Waals surface area contributed by atoms with E-state index >= 15 is 0 Å². The first-order chi connectivity index (χ1) is 6.36. The maximum atomic E-state index is 9.86. The van der Waals surface area contributed by atoms with Crippen molar-refractivity contribution in [1.82, 2.24) is 0 Å². The summed E-state index contributed by atoms with van der Waals surface area (Å²) in [6.07, 6.45) is 3.12. The van der Waals surface area contributed by atoms with Crippen molar-refractivity contribution < 1.29 is 40.2 Å². The van der Waals surface area contributed by atoms with Gasteiger partial charge in [0.15, 0.2) is 0 Å². The van der Waals surface area contributed by atoms with Crippen LogP contribution in [-0.2, 0) is 30.0 Å². The number of allylic oxidation sites excluding steroid dienone is 2. The summed E-state index contributed by atoms with van der Waals surface area (Å²) in [6.45, 7) is 6.51. The number of hydrogen-bond acceptors (Lipinski definition) is 2. The Hall–Kier alpha value is -0.918. The molecular weight excluding hydrogens is 291 g/mol. The molecule has 0 aliphatic heterocycles. The molecule has 0 rings (SSSR count). The Morgan fingerprint density at radius 2 is 1.07 bits per heavy atom. The van der Waals surface area contributed by atoms with E-state index in [1.165, 1.54) is 0 Å². The van der Waals surface area contributed by atoms with Crippen LogP contribution in [0.4, 0.5) is 0 Å². The molecule has 0 fully saturated rings. The van der Waals surface area contributed by atoms with Crippen molar-refractivity contribution in [3.8, 4) is 0 Å². The fourth-order valence-corrected chi connectivity index (χ4v) is 0.247. The molecule has 0 radical (unpaired) electrons. The van der Waals surface area contributed by atoms with E-state index in [9.17, 15) is 9.59 Å². The third-order valence-corrected chi connectivity index (χ3v) is 1.54. The molecule has 0 unspecified atom stereocenters. The molecule has 0 spiro atoms. The van der Waals surface area contributed by atoms with Crippen LogP contribution in [0.15, 0.2) is 23.3 Å². The SMILES string of the molecule is C/C=C(\C)C(=O)O.C/C=C(\C)C(=O)O.[Pd]. The molecule has 5 heteroatoms. The molecule has 4 nitrogen and oxygen atoms in total. The summed E-state index contributed by atoms with van der Waals surface area (Å²) in [7, 11) is 0. The summed E-state index contributed by atoms with van der Waals surface area (Å²) in [6, 6.07) is 0. The average molecular weight is 307 g/mol. The third-order valence-electron chi connectivity index (χ3n) is 1.54. The second-order valence-corrected chi connectivity index (χ2v) is 2.55. The van der Waals surface area contributed by atoms with Crippen LogP contribution < -0.4 is 0 Å². The number of carbonyl (C=O) groups is 2. The van der Waals surface area contributed by atoms with E-state index in [2.05, 4.69) is 0 Å². The zero-order valence-corrected chi connectivity index (χ0v) is 10.7. The van der Waals surface area contributed by atoms with E-state index in [0.717, 1.165) is 0 Å². The Labute approximate surface area is 103 Å². The van der Waals surface area contributed by atoms with Crippen LogP contribution in [0.5, 0.6) is 0 Å². The Morgan fingerprint density at radius 1 is 0.867 bits per heavy atom. The Bertz CT molecular complexity index is 239. The number of hydrogen-bond donors (Lipinski definition) is 2. The number of rotatable bonds is 2. The standard InChI is InChI=1S/2C5H8O2.Pd/c2*1-3-4(2)5(6)7;/h2*3H,1-2H3,(H,6,7);/b2*4-3+;. The van der Waals surface area contributed by atoms with Gasteiger partial charge in [0.05, 0.1) is 0 Å². The summed E-state index contributed by atoms with van der Waals surface area (Å²) < 4.78 is 0. The van der Waals surface area contributed by atoms with Crippen LogP contribution in [0.3, 0.4) is 0 Å². The predicted molar refractivity (Wildman–Crippen MR) is 54.1 cm³/mol. The minimum Gasteiger partial charge on any atom is -0.478 e. The summed E-state index contributed by atoms with van der Waals surface area (Å²) in [5, 5.41) is 16.2. The van der Waals surface area contributed by atoms with Crippen molar-refractivity contribution in [3.63, 3.8) is 0 Å². The van der Waals surface area contributed by atoms with Gasteiger partial charge in [-0.2, -0.15) is 0 Å². The third kappa shape index (κ3) is 13.1. The average Bonchev–Trinajstić information content (AvgIpc) is 2.15. The van der Waals surface area contributed by atoms with Crippen LogP contribution in [-0.4, -0.2) is 22.2 Å². The van der Waals surface area contributed by atoms with Crippen molar-refractivity contribution in [2.24, 2.45) is 0 Å². The van der Waals surface area contributed by atoms with Gasteiger partial charge in [-0.25, -0.2) is 9.59 Å². The minimum atomic E-state index is -0.845. The van der Waals surface area contributed by atoms with E-state index in [1.807, 2.05) is 0 Å². The molecule has 0 saturated heterocycles. The molecule has 90 valence electrons. The van der Waals surface area contributed by atoms with Crippen LogP contribution >= 0.6 is 0 Å². The van der Waals surface area contributed by atoms with Gasteiger partial charge in [-0.3, -0.25) is 0 Å². The monoisotopic (exact) mass is 306 g/mol. The quantitative estimate of drug-likeness (QED) is 0.605. The van der Waals surface area contributed by atoms with Crippen LogP contribution in [0, 0.1) is 0 Å². The fraction of sp³-hybridized carbons (Fsp3) is 0.400. The molecule has 0 saturated carbocycles. The Balaban J connectivity index is -0.000000180. The fourth-order valence-electron chi connectivity index (χ4n) is 0.247. The van der Waals surface area contributed by atoms with Gasteiger partial charge >= 0.3 is 11.9 Å². The van der Waals surface area contributed by atoms with Crippen molar-refractivity contribution in [1.29, 1.82) is 0 Å². The van der Waals surface area contributed by atoms with Crippen LogP contribution in [0.1, 0.15) is 27.7 Å². The van der Waals surface area contributed by atoms with E-state index in [4.69, 9.17) is 10.2 Å². The van der Waals surface area contributed by atoms with Gasteiger partial charge in [-0.1, -0.05) is 12.2 Å². The van der Waals surface area contributed by atoms with Crippen molar-refractivity contribution >= 4 is 11.9 Å². The Morgan fingerprint density at radius 3 is 1.07 bits per heavy atom. The van der Waals surface area contributed by atoms with Crippen LogP contribution in [0.25, 0.3) is 0 Å². The van der Waals surface area contributed by atoms with E-state index < -0.39 is 11.9 Å². The van der Waals surface area contributed by atoms with E-state index in [0.29, 0.717) is 11.1 Å². The Kier molecular flexibility index (Phi) is 14.6. The number of carboxylic acid groups (broad SMARTS) is 2. The molecule has 0 amide bonds. The molecule has 0 aromatic heterocycles. The molecule has 0 atom stereocenters. The van der Waals surface area contributed by atoms with Gasteiger partial charge in [0.25, 0.3) is 0 Å². The maximum absolute atomic E-state index is 9.86. The van der Waals surface area contributed by atoms with Gasteiger partial charge < -0.3 is 10.2 Å². The molecule has 0 aliphatic rings. The predicted octanol–water partition coefficient (Wildman–Crippen LogP) is 2.07.